The summed E-state index contributed by atoms with van der Waals surface area (Å²) in [5, 5.41) is 9.11. The van der Waals surface area contributed by atoms with Crippen LogP contribution in [0.25, 0.3) is 0 Å². The maximum atomic E-state index is 10.4. The van der Waals surface area contributed by atoms with Crippen LogP contribution in [0, 0.1) is 0 Å². The van der Waals surface area contributed by atoms with Gasteiger partial charge in [0.25, 0.3) is 0 Å². The van der Waals surface area contributed by atoms with Crippen LogP contribution in [0.1, 0.15) is 58.3 Å². The number of aliphatic hydroxyl groups is 1. The van der Waals surface area contributed by atoms with Crippen molar-refractivity contribution in [3.05, 3.63) is 0 Å². The van der Waals surface area contributed by atoms with Crippen molar-refractivity contribution in [2.45, 2.75) is 64.6 Å². The van der Waals surface area contributed by atoms with Crippen LogP contribution in [0.4, 0.5) is 0 Å². The zero-order valence-corrected chi connectivity index (χ0v) is 10.7. The van der Waals surface area contributed by atoms with Crippen LogP contribution >= 0.6 is 7.82 Å². The summed E-state index contributed by atoms with van der Waals surface area (Å²) in [6.07, 6.45) is 6.61. The summed E-state index contributed by atoms with van der Waals surface area (Å²) in [5.41, 5.74) is 0. The molecule has 0 aromatic rings. The molecule has 0 heterocycles. The van der Waals surface area contributed by atoms with Crippen LogP contribution < -0.4 is 0 Å². The Labute approximate surface area is 125 Å². The molecule has 0 aliphatic rings. The summed E-state index contributed by atoms with van der Waals surface area (Å²) in [4.78, 5) is 16.8. The van der Waals surface area contributed by atoms with Crippen LogP contribution in [-0.2, 0) is 9.09 Å². The van der Waals surface area contributed by atoms with Gasteiger partial charge >= 0.3 is 37.4 Å². The van der Waals surface area contributed by atoms with E-state index < -0.39 is 14.1 Å². The quantitative estimate of drug-likeness (QED) is 0.246. The number of aliphatic hydroxyl groups excluding tert-OH is 1. The summed E-state index contributed by atoms with van der Waals surface area (Å²) in [5.74, 6) is 0. The zero-order chi connectivity index (χ0) is 12.4. The minimum absolute atomic E-state index is 0. The predicted molar refractivity (Wildman–Crippen MR) is 68.9 cm³/mol. The topological polar surface area (TPSA) is 87.0 Å². The Bertz CT molecular complexity index is 209. The molecule has 0 saturated carbocycles. The molecule has 0 aromatic carbocycles. The van der Waals surface area contributed by atoms with Crippen molar-refractivity contribution >= 4 is 37.4 Å². The van der Waals surface area contributed by atoms with E-state index in [9.17, 15) is 4.57 Å². The molecule has 0 aliphatic heterocycles. The molecule has 0 rings (SSSR count). The summed E-state index contributed by atoms with van der Waals surface area (Å²) < 4.78 is 14.5. The second-order valence-corrected chi connectivity index (χ2v) is 5.15. The Hall–Kier alpha value is 1.07. The van der Waals surface area contributed by atoms with E-state index in [1.165, 1.54) is 25.7 Å². The summed E-state index contributed by atoms with van der Waals surface area (Å²) in [6, 6.07) is 0. The van der Waals surface area contributed by atoms with Gasteiger partial charge in [-0.15, -0.1) is 0 Å². The molecule has 0 amide bonds. The molecule has 5 nitrogen and oxygen atoms in total. The van der Waals surface area contributed by atoms with Crippen molar-refractivity contribution in [2.75, 3.05) is 0 Å². The molecule has 0 aliphatic carbocycles. The molecule has 0 aromatic heterocycles. The molecule has 0 spiro atoms. The second kappa shape index (κ2) is 12.1. The zero-order valence-electron chi connectivity index (χ0n) is 9.84. The van der Waals surface area contributed by atoms with E-state index in [0.717, 1.165) is 19.3 Å². The number of phosphoric acid groups is 1. The third-order valence-corrected chi connectivity index (χ3v) is 2.83. The predicted octanol–water partition coefficient (Wildman–Crippen LogP) is 1.91. The van der Waals surface area contributed by atoms with E-state index in [1.54, 1.807) is 0 Å². The van der Waals surface area contributed by atoms with Gasteiger partial charge in [0.05, 0.1) is 0 Å². The third kappa shape index (κ3) is 17.1. The molecule has 17 heavy (non-hydrogen) atoms. The number of hydrogen-bond donors (Lipinski definition) is 3. The molecule has 7 heteroatoms. The van der Waals surface area contributed by atoms with Gasteiger partial charge < -0.3 is 14.9 Å². The van der Waals surface area contributed by atoms with Gasteiger partial charge in [0.15, 0.2) is 6.29 Å². The van der Waals surface area contributed by atoms with Gasteiger partial charge in [0.2, 0.25) is 0 Å². The Kier molecular flexibility index (Phi) is 14.5. The Balaban J connectivity index is 0. The van der Waals surface area contributed by atoms with Gasteiger partial charge in [-0.1, -0.05) is 45.4 Å². The monoisotopic (exact) mass is 278 g/mol. The molecule has 0 saturated heterocycles. The van der Waals surface area contributed by atoms with E-state index in [2.05, 4.69) is 11.4 Å². The van der Waals surface area contributed by atoms with Crippen molar-refractivity contribution in [3.63, 3.8) is 0 Å². The molecule has 0 radical (unpaired) electrons. The van der Waals surface area contributed by atoms with Crippen LogP contribution in [0.15, 0.2) is 0 Å². The summed E-state index contributed by atoms with van der Waals surface area (Å²) in [7, 11) is -4.54. The molecule has 1 unspecified atom stereocenters. The van der Waals surface area contributed by atoms with Crippen LogP contribution in [0.2, 0.25) is 0 Å². The van der Waals surface area contributed by atoms with Crippen LogP contribution in [0.5, 0.6) is 0 Å². The molecule has 1 atom stereocenters. The first-order chi connectivity index (χ1) is 7.45. The standard InChI is InChI=1S/C10H23O5P.Na.H/c1-2-3-4-5-6-7-8-9-10(11)15-16(12,13)14;;/h10-11H,2-9H2,1H3,(H2,12,13,14);;. The number of hydrogen-bond acceptors (Lipinski definition) is 3. The summed E-state index contributed by atoms with van der Waals surface area (Å²) >= 11 is 0. The van der Waals surface area contributed by atoms with Gasteiger partial charge in [-0.25, -0.2) is 4.57 Å². The summed E-state index contributed by atoms with van der Waals surface area (Å²) in [6.45, 7) is 2.16. The SMILES string of the molecule is CCCCCCCCCC(O)OP(=O)(O)O.[NaH]. The number of phosphoric ester groups is 1. The normalized spacial score (nSPS) is 13.2. The van der Waals surface area contributed by atoms with Gasteiger partial charge in [-0.2, -0.15) is 0 Å². The third-order valence-electron chi connectivity index (χ3n) is 2.31. The molecule has 3 N–H and O–H groups in total. The van der Waals surface area contributed by atoms with E-state index >= 15 is 0 Å². The van der Waals surface area contributed by atoms with E-state index in [-0.39, 0.29) is 36.0 Å². The minimum atomic E-state index is -4.54. The van der Waals surface area contributed by atoms with Gasteiger partial charge in [0.1, 0.15) is 0 Å². The van der Waals surface area contributed by atoms with Gasteiger partial charge in [0, 0.05) is 0 Å². The number of unbranched alkanes of at least 4 members (excludes halogenated alkanes) is 6. The van der Waals surface area contributed by atoms with Crippen molar-refractivity contribution in [1.82, 2.24) is 0 Å². The molecular weight excluding hydrogens is 254 g/mol. The molecule has 0 fully saturated rings. The first kappa shape index (κ1) is 20.4. The van der Waals surface area contributed by atoms with Crippen LogP contribution in [-0.4, -0.2) is 50.7 Å². The fourth-order valence-electron chi connectivity index (χ4n) is 1.49. The van der Waals surface area contributed by atoms with Crippen molar-refractivity contribution in [3.8, 4) is 0 Å². The van der Waals surface area contributed by atoms with E-state index in [4.69, 9.17) is 14.9 Å². The molecular formula is C10H24NaO5P. The fourth-order valence-corrected chi connectivity index (χ4v) is 1.91. The van der Waals surface area contributed by atoms with Gasteiger partial charge in [-0.3, -0.25) is 4.52 Å². The van der Waals surface area contributed by atoms with Gasteiger partial charge in [-0.05, 0) is 12.8 Å². The Morgan fingerprint density at radius 1 is 1.06 bits per heavy atom. The first-order valence-electron chi connectivity index (χ1n) is 5.87. The average Bonchev–Trinajstić information content (AvgIpc) is 2.13. The van der Waals surface area contributed by atoms with Crippen molar-refractivity contribution in [2.24, 2.45) is 0 Å². The maximum absolute atomic E-state index is 10.4. The Morgan fingerprint density at radius 3 is 2.00 bits per heavy atom. The molecule has 100 valence electrons. The van der Waals surface area contributed by atoms with Crippen molar-refractivity contribution in [1.29, 1.82) is 0 Å². The van der Waals surface area contributed by atoms with Crippen molar-refractivity contribution < 1.29 is 24.0 Å². The first-order valence-corrected chi connectivity index (χ1v) is 7.40. The Morgan fingerprint density at radius 2 is 1.53 bits per heavy atom. The van der Waals surface area contributed by atoms with E-state index in [0.29, 0.717) is 0 Å². The average molecular weight is 278 g/mol. The number of rotatable bonds is 10. The molecule has 0 bridgehead atoms. The van der Waals surface area contributed by atoms with Crippen LogP contribution in [0.3, 0.4) is 0 Å². The van der Waals surface area contributed by atoms with E-state index in [1.807, 2.05) is 0 Å². The second-order valence-electron chi connectivity index (χ2n) is 3.96. The fraction of sp³-hybridized carbons (Fsp3) is 1.00.